The molecule has 1 aliphatic heterocycles. The molecule has 1 atom stereocenters. The van der Waals surface area contributed by atoms with Crippen molar-refractivity contribution in [1.82, 2.24) is 14.9 Å². The van der Waals surface area contributed by atoms with E-state index in [1.54, 1.807) is 0 Å². The van der Waals surface area contributed by atoms with Gasteiger partial charge in [-0.1, -0.05) is 13.3 Å². The highest BCUT2D eigenvalue weighted by atomic mass is 16.1. The molecule has 0 amide bonds. The summed E-state index contributed by atoms with van der Waals surface area (Å²) in [5.74, 6) is 0.801. The minimum Gasteiger partial charge on any atom is -0.309 e. The van der Waals surface area contributed by atoms with Gasteiger partial charge in [0.05, 0.1) is 6.54 Å². The fourth-order valence-electron chi connectivity index (χ4n) is 2.64. The predicted molar refractivity (Wildman–Crippen MR) is 67.9 cm³/mol. The summed E-state index contributed by atoms with van der Waals surface area (Å²) in [6.07, 6.45) is 5.03. The van der Waals surface area contributed by atoms with Crippen LogP contribution in [0.25, 0.3) is 0 Å². The van der Waals surface area contributed by atoms with Crippen LogP contribution < -0.4 is 5.56 Å². The summed E-state index contributed by atoms with van der Waals surface area (Å²) in [5, 5.41) is 0. The fraction of sp³-hybridized carbons (Fsp3) is 0.692. The van der Waals surface area contributed by atoms with Crippen LogP contribution in [0.2, 0.25) is 0 Å². The Morgan fingerprint density at radius 2 is 2.35 bits per heavy atom. The van der Waals surface area contributed by atoms with E-state index in [4.69, 9.17) is 0 Å². The Morgan fingerprint density at radius 3 is 3.06 bits per heavy atom. The van der Waals surface area contributed by atoms with Crippen molar-refractivity contribution in [2.75, 3.05) is 6.54 Å². The van der Waals surface area contributed by atoms with Gasteiger partial charge in [0.15, 0.2) is 0 Å². The van der Waals surface area contributed by atoms with Crippen LogP contribution >= 0.6 is 0 Å². The van der Waals surface area contributed by atoms with E-state index in [0.29, 0.717) is 6.04 Å². The first kappa shape index (κ1) is 12.3. The zero-order valence-electron chi connectivity index (χ0n) is 10.7. The molecule has 0 bridgehead atoms. The van der Waals surface area contributed by atoms with E-state index in [2.05, 4.69) is 21.8 Å². The van der Waals surface area contributed by atoms with E-state index in [1.165, 1.54) is 31.7 Å². The number of hydrogen-bond donors (Lipinski definition) is 1. The fourth-order valence-corrected chi connectivity index (χ4v) is 2.64. The monoisotopic (exact) mass is 235 g/mol. The summed E-state index contributed by atoms with van der Waals surface area (Å²) >= 11 is 0. The van der Waals surface area contributed by atoms with Crippen LogP contribution in [0.3, 0.4) is 0 Å². The lowest BCUT2D eigenvalue weighted by atomic mass is 10.0. The topological polar surface area (TPSA) is 49.0 Å². The molecular weight excluding hydrogens is 214 g/mol. The Balaban J connectivity index is 2.10. The van der Waals surface area contributed by atoms with Crippen molar-refractivity contribution >= 4 is 0 Å². The maximum Gasteiger partial charge on any atom is 0.251 e. The van der Waals surface area contributed by atoms with E-state index in [1.807, 2.05) is 6.92 Å². The number of H-pyrrole nitrogens is 1. The summed E-state index contributed by atoms with van der Waals surface area (Å²) in [5.41, 5.74) is 0.756. The average Bonchev–Trinajstić information content (AvgIpc) is 2.28. The number of rotatable bonds is 3. The molecule has 1 N–H and O–H groups in total. The van der Waals surface area contributed by atoms with Crippen LogP contribution in [-0.4, -0.2) is 27.5 Å². The Morgan fingerprint density at radius 1 is 1.53 bits per heavy atom. The first-order valence-corrected chi connectivity index (χ1v) is 6.50. The molecule has 0 aromatic carbocycles. The van der Waals surface area contributed by atoms with Gasteiger partial charge >= 0.3 is 0 Å². The van der Waals surface area contributed by atoms with Gasteiger partial charge in [0.25, 0.3) is 5.56 Å². The summed E-state index contributed by atoms with van der Waals surface area (Å²) in [4.78, 5) is 21.1. The zero-order chi connectivity index (χ0) is 12.3. The standard InChI is InChI=1S/C13H21N3O/c1-3-11-6-4-5-7-16(11)9-12-14-10(2)8-13(17)15-12/h8,11H,3-7,9H2,1-2H3,(H,14,15,17). The summed E-state index contributed by atoms with van der Waals surface area (Å²) in [7, 11) is 0. The molecule has 1 aromatic heterocycles. The number of aryl methyl sites for hydroxylation is 1. The number of piperidine rings is 1. The highest BCUT2D eigenvalue weighted by Crippen LogP contribution is 2.20. The van der Waals surface area contributed by atoms with E-state index in [-0.39, 0.29) is 5.56 Å². The van der Waals surface area contributed by atoms with Crippen molar-refractivity contribution in [3.05, 3.63) is 27.9 Å². The minimum absolute atomic E-state index is 0.0439. The highest BCUT2D eigenvalue weighted by molar-refractivity contribution is 5.00. The third kappa shape index (κ3) is 3.16. The molecular formula is C13H21N3O. The Bertz CT molecular complexity index is 427. The molecule has 4 nitrogen and oxygen atoms in total. The van der Waals surface area contributed by atoms with E-state index in [9.17, 15) is 4.79 Å². The quantitative estimate of drug-likeness (QED) is 0.869. The van der Waals surface area contributed by atoms with Crippen molar-refractivity contribution in [2.45, 2.75) is 52.1 Å². The second-order valence-electron chi connectivity index (χ2n) is 4.86. The Labute approximate surface area is 102 Å². The van der Waals surface area contributed by atoms with Gasteiger partial charge < -0.3 is 4.98 Å². The average molecular weight is 235 g/mol. The molecule has 4 heteroatoms. The number of aromatic nitrogens is 2. The first-order chi connectivity index (χ1) is 8.19. The molecule has 94 valence electrons. The van der Waals surface area contributed by atoms with Gasteiger partial charge in [0.1, 0.15) is 5.82 Å². The molecule has 1 saturated heterocycles. The molecule has 1 aromatic rings. The lowest BCUT2D eigenvalue weighted by molar-refractivity contribution is 0.132. The van der Waals surface area contributed by atoms with Gasteiger partial charge in [-0.05, 0) is 32.7 Å². The van der Waals surface area contributed by atoms with Gasteiger partial charge in [-0.25, -0.2) is 4.98 Å². The van der Waals surface area contributed by atoms with Crippen molar-refractivity contribution in [3.63, 3.8) is 0 Å². The molecule has 0 radical (unpaired) electrons. The second kappa shape index (κ2) is 5.45. The van der Waals surface area contributed by atoms with Crippen molar-refractivity contribution in [1.29, 1.82) is 0 Å². The molecule has 2 heterocycles. The number of aromatic amines is 1. The molecule has 2 rings (SSSR count). The molecule has 1 aliphatic rings. The molecule has 0 aliphatic carbocycles. The van der Waals surface area contributed by atoms with Gasteiger partial charge in [0, 0.05) is 17.8 Å². The van der Waals surface area contributed by atoms with Crippen molar-refractivity contribution in [2.24, 2.45) is 0 Å². The molecule has 0 saturated carbocycles. The number of nitrogens with one attached hydrogen (secondary N) is 1. The Kier molecular flexibility index (Phi) is 3.94. The highest BCUT2D eigenvalue weighted by Gasteiger charge is 2.21. The molecule has 1 fully saturated rings. The van der Waals surface area contributed by atoms with Gasteiger partial charge in [-0.15, -0.1) is 0 Å². The van der Waals surface area contributed by atoms with Crippen LogP contribution in [0.5, 0.6) is 0 Å². The largest absolute Gasteiger partial charge is 0.309 e. The van der Waals surface area contributed by atoms with Crippen molar-refractivity contribution in [3.8, 4) is 0 Å². The third-order valence-corrected chi connectivity index (χ3v) is 3.49. The van der Waals surface area contributed by atoms with Crippen LogP contribution in [0.15, 0.2) is 10.9 Å². The van der Waals surface area contributed by atoms with Gasteiger partial charge in [-0.3, -0.25) is 9.69 Å². The molecule has 0 spiro atoms. The smallest absolute Gasteiger partial charge is 0.251 e. The van der Waals surface area contributed by atoms with Crippen LogP contribution in [0.4, 0.5) is 0 Å². The predicted octanol–water partition coefficient (Wildman–Crippen LogP) is 1.84. The number of hydrogen-bond acceptors (Lipinski definition) is 3. The third-order valence-electron chi connectivity index (χ3n) is 3.49. The normalized spacial score (nSPS) is 21.6. The summed E-state index contributed by atoms with van der Waals surface area (Å²) in [6, 6.07) is 2.19. The molecule has 17 heavy (non-hydrogen) atoms. The van der Waals surface area contributed by atoms with E-state index in [0.717, 1.165) is 24.6 Å². The van der Waals surface area contributed by atoms with Crippen LogP contribution in [0.1, 0.15) is 44.1 Å². The maximum absolute atomic E-state index is 11.4. The minimum atomic E-state index is -0.0439. The summed E-state index contributed by atoms with van der Waals surface area (Å²) in [6.45, 7) is 5.99. The summed E-state index contributed by atoms with van der Waals surface area (Å²) < 4.78 is 0. The lowest BCUT2D eigenvalue weighted by Crippen LogP contribution is -2.39. The van der Waals surface area contributed by atoms with Crippen LogP contribution in [0, 0.1) is 6.92 Å². The number of nitrogens with zero attached hydrogens (tertiary/aromatic N) is 2. The van der Waals surface area contributed by atoms with Crippen molar-refractivity contribution < 1.29 is 0 Å². The van der Waals surface area contributed by atoms with Gasteiger partial charge in [-0.2, -0.15) is 0 Å². The zero-order valence-corrected chi connectivity index (χ0v) is 10.7. The SMILES string of the molecule is CCC1CCCCN1Cc1nc(C)cc(=O)[nH]1. The maximum atomic E-state index is 11.4. The number of likely N-dealkylation sites (tertiary alicyclic amines) is 1. The van der Waals surface area contributed by atoms with Crippen LogP contribution in [-0.2, 0) is 6.54 Å². The second-order valence-corrected chi connectivity index (χ2v) is 4.86. The van der Waals surface area contributed by atoms with E-state index >= 15 is 0 Å². The van der Waals surface area contributed by atoms with E-state index < -0.39 is 0 Å². The Hall–Kier alpha value is -1.16. The lowest BCUT2D eigenvalue weighted by Gasteiger charge is -2.34. The molecule has 1 unspecified atom stereocenters. The van der Waals surface area contributed by atoms with Gasteiger partial charge in [0.2, 0.25) is 0 Å². The first-order valence-electron chi connectivity index (χ1n) is 6.50.